The van der Waals surface area contributed by atoms with Crippen molar-refractivity contribution in [2.24, 2.45) is 0 Å². The smallest absolute Gasteiger partial charge is 0.236 e. The van der Waals surface area contributed by atoms with Crippen LogP contribution in [0.1, 0.15) is 19.4 Å². The molecule has 2 aromatic carbocycles. The molecule has 0 saturated heterocycles. The second kappa shape index (κ2) is 6.78. The Kier molecular flexibility index (Phi) is 4.30. The van der Waals surface area contributed by atoms with Crippen LogP contribution in [0.4, 0.5) is 16.0 Å². The van der Waals surface area contributed by atoms with Crippen molar-refractivity contribution in [1.82, 2.24) is 9.97 Å². The number of carbonyl (C=O) groups excluding carboxylic acids is 1. The van der Waals surface area contributed by atoms with Crippen LogP contribution in [0.15, 0.2) is 41.8 Å². The summed E-state index contributed by atoms with van der Waals surface area (Å²) >= 11 is 3.10. The van der Waals surface area contributed by atoms with E-state index >= 15 is 0 Å². The van der Waals surface area contributed by atoms with Gasteiger partial charge in [-0.2, -0.15) is 0 Å². The summed E-state index contributed by atoms with van der Waals surface area (Å²) in [6.07, 6.45) is 0. The monoisotopic (exact) mass is 436 g/mol. The van der Waals surface area contributed by atoms with Crippen LogP contribution in [0.25, 0.3) is 21.5 Å². The summed E-state index contributed by atoms with van der Waals surface area (Å²) in [4.78, 5) is 23.6. The molecule has 8 heteroatoms. The van der Waals surface area contributed by atoms with E-state index in [1.54, 1.807) is 23.3 Å². The number of thiazole rings is 2. The van der Waals surface area contributed by atoms with Gasteiger partial charge in [0.25, 0.3) is 0 Å². The lowest BCUT2D eigenvalue weighted by atomic mass is 9.85. The molecule has 1 N–H and O–H groups in total. The number of rotatable bonds is 4. The lowest BCUT2D eigenvalue weighted by Crippen LogP contribution is -2.33. The zero-order valence-electron chi connectivity index (χ0n) is 17.0. The highest BCUT2D eigenvalue weighted by Gasteiger charge is 2.42. The summed E-state index contributed by atoms with van der Waals surface area (Å²) in [7, 11) is 3.49. The number of ether oxygens (including phenoxy) is 1. The molecule has 0 radical (unpaired) electrons. The Morgan fingerprint density at radius 1 is 1.10 bits per heavy atom. The SMILES string of the molecule is COc1ccc2nc(Nc3nc(-c4ccc5c(c4)C(C)(C)C(=O)N5C)cs3)sc2c1. The largest absolute Gasteiger partial charge is 0.497 e. The molecule has 1 amide bonds. The van der Waals surface area contributed by atoms with Gasteiger partial charge in [0.15, 0.2) is 10.3 Å². The highest BCUT2D eigenvalue weighted by Crippen LogP contribution is 2.43. The van der Waals surface area contributed by atoms with E-state index in [1.807, 2.05) is 56.6 Å². The molecule has 0 unspecified atom stereocenters. The Morgan fingerprint density at radius 3 is 2.73 bits per heavy atom. The van der Waals surface area contributed by atoms with Crippen LogP contribution >= 0.6 is 22.7 Å². The standard InChI is InChI=1S/C22H20N4O2S2/c1-22(2)14-9-12(5-8-17(14)26(3)19(22)27)16-11-29-20(24-16)25-21-23-15-7-6-13(28-4)10-18(15)30-21/h5-11H,1-4H3,(H,23,24,25). The average Bonchev–Trinajstić information content (AvgIpc) is 3.41. The average molecular weight is 437 g/mol. The van der Waals surface area contributed by atoms with Gasteiger partial charge in [-0.05, 0) is 49.7 Å². The quantitative estimate of drug-likeness (QED) is 0.462. The van der Waals surface area contributed by atoms with Crippen molar-refractivity contribution >= 4 is 54.7 Å². The first-order valence-corrected chi connectivity index (χ1v) is 11.2. The summed E-state index contributed by atoms with van der Waals surface area (Å²) in [6.45, 7) is 3.94. The van der Waals surface area contributed by atoms with Gasteiger partial charge in [-0.25, -0.2) is 9.97 Å². The molecule has 0 aliphatic carbocycles. The molecule has 5 rings (SSSR count). The van der Waals surface area contributed by atoms with E-state index in [4.69, 9.17) is 9.72 Å². The molecule has 6 nitrogen and oxygen atoms in total. The molecule has 2 aromatic heterocycles. The third-order valence-electron chi connectivity index (χ3n) is 5.48. The number of hydrogen-bond donors (Lipinski definition) is 1. The van der Waals surface area contributed by atoms with Gasteiger partial charge in [0.1, 0.15) is 5.75 Å². The van der Waals surface area contributed by atoms with Crippen LogP contribution in [0.2, 0.25) is 0 Å². The molecular formula is C22H20N4O2S2. The molecule has 152 valence electrons. The lowest BCUT2D eigenvalue weighted by Gasteiger charge is -2.16. The first-order chi connectivity index (χ1) is 14.4. The third-order valence-corrected chi connectivity index (χ3v) is 7.17. The van der Waals surface area contributed by atoms with Crippen LogP contribution in [-0.4, -0.2) is 30.0 Å². The van der Waals surface area contributed by atoms with Crippen molar-refractivity contribution in [2.45, 2.75) is 19.3 Å². The summed E-state index contributed by atoms with van der Waals surface area (Å²) in [6, 6.07) is 12.0. The van der Waals surface area contributed by atoms with Gasteiger partial charge >= 0.3 is 0 Å². The van der Waals surface area contributed by atoms with Gasteiger partial charge in [-0.3, -0.25) is 4.79 Å². The minimum Gasteiger partial charge on any atom is -0.497 e. The number of fused-ring (bicyclic) bond motifs is 2. The normalized spacial score (nSPS) is 14.9. The number of carbonyl (C=O) groups is 1. The van der Waals surface area contributed by atoms with E-state index in [9.17, 15) is 4.79 Å². The van der Waals surface area contributed by atoms with Crippen LogP contribution in [0.5, 0.6) is 5.75 Å². The third kappa shape index (κ3) is 2.95. The molecule has 0 saturated carbocycles. The summed E-state index contributed by atoms with van der Waals surface area (Å²) in [5.74, 6) is 0.931. The molecule has 3 heterocycles. The van der Waals surface area contributed by atoms with E-state index in [0.717, 1.165) is 48.7 Å². The van der Waals surface area contributed by atoms with Gasteiger partial charge < -0.3 is 15.0 Å². The fourth-order valence-electron chi connectivity index (χ4n) is 3.77. The van der Waals surface area contributed by atoms with E-state index in [0.29, 0.717) is 0 Å². The molecule has 0 fully saturated rings. The summed E-state index contributed by atoms with van der Waals surface area (Å²) in [5, 5.41) is 6.91. The number of nitrogens with zero attached hydrogens (tertiary/aromatic N) is 3. The minimum atomic E-state index is -0.529. The fraction of sp³-hybridized carbons (Fsp3) is 0.227. The second-order valence-corrected chi connectivity index (χ2v) is 9.63. The zero-order chi connectivity index (χ0) is 21.0. The van der Waals surface area contributed by atoms with E-state index in [-0.39, 0.29) is 5.91 Å². The number of anilines is 3. The van der Waals surface area contributed by atoms with E-state index in [1.165, 1.54) is 11.3 Å². The van der Waals surface area contributed by atoms with E-state index < -0.39 is 5.41 Å². The number of likely N-dealkylation sites (N-methyl/N-ethyl adjacent to an activating group) is 1. The highest BCUT2D eigenvalue weighted by atomic mass is 32.1. The van der Waals surface area contributed by atoms with Gasteiger partial charge in [-0.1, -0.05) is 17.4 Å². The zero-order valence-corrected chi connectivity index (χ0v) is 18.6. The predicted octanol–water partition coefficient (Wildman–Crippen LogP) is 5.43. The van der Waals surface area contributed by atoms with Crippen molar-refractivity contribution in [1.29, 1.82) is 0 Å². The summed E-state index contributed by atoms with van der Waals surface area (Å²) in [5.41, 5.74) is 4.28. The molecular weight excluding hydrogens is 416 g/mol. The second-order valence-electron chi connectivity index (χ2n) is 7.74. The number of amides is 1. The van der Waals surface area contributed by atoms with Gasteiger partial charge in [-0.15, -0.1) is 11.3 Å². The Balaban J connectivity index is 1.43. The predicted molar refractivity (Wildman–Crippen MR) is 123 cm³/mol. The first kappa shape index (κ1) is 19.0. The Bertz CT molecular complexity index is 1290. The van der Waals surface area contributed by atoms with Crippen LogP contribution in [0, 0.1) is 0 Å². The highest BCUT2D eigenvalue weighted by molar-refractivity contribution is 7.22. The van der Waals surface area contributed by atoms with Crippen molar-refractivity contribution in [3.8, 4) is 17.0 Å². The molecule has 0 spiro atoms. The molecule has 0 atom stereocenters. The van der Waals surface area contributed by atoms with Crippen molar-refractivity contribution < 1.29 is 9.53 Å². The summed E-state index contributed by atoms with van der Waals surface area (Å²) < 4.78 is 6.34. The number of aromatic nitrogens is 2. The van der Waals surface area contributed by atoms with Crippen molar-refractivity contribution in [3.05, 3.63) is 47.3 Å². The number of nitrogens with one attached hydrogen (secondary N) is 1. The molecule has 0 bridgehead atoms. The minimum absolute atomic E-state index is 0.114. The van der Waals surface area contributed by atoms with Gasteiger partial charge in [0.05, 0.1) is 28.4 Å². The topological polar surface area (TPSA) is 67.3 Å². The number of methoxy groups -OCH3 is 1. The van der Waals surface area contributed by atoms with Gasteiger partial charge in [0, 0.05) is 23.7 Å². The maximum absolute atomic E-state index is 12.5. The number of hydrogen-bond acceptors (Lipinski definition) is 7. The van der Waals surface area contributed by atoms with Crippen molar-refractivity contribution in [2.75, 3.05) is 24.4 Å². The maximum atomic E-state index is 12.5. The van der Waals surface area contributed by atoms with Crippen LogP contribution < -0.4 is 15.0 Å². The molecule has 1 aliphatic rings. The molecule has 1 aliphatic heterocycles. The number of benzene rings is 2. The first-order valence-electron chi connectivity index (χ1n) is 9.47. The van der Waals surface area contributed by atoms with Crippen LogP contribution in [0.3, 0.4) is 0 Å². The lowest BCUT2D eigenvalue weighted by molar-refractivity contribution is -0.121. The maximum Gasteiger partial charge on any atom is 0.236 e. The van der Waals surface area contributed by atoms with Crippen LogP contribution in [-0.2, 0) is 10.2 Å². The molecule has 30 heavy (non-hydrogen) atoms. The Morgan fingerprint density at radius 2 is 1.93 bits per heavy atom. The molecule has 4 aromatic rings. The Hall–Kier alpha value is -2.97. The fourth-order valence-corrected chi connectivity index (χ4v) is 5.45. The Labute approximate surface area is 182 Å². The van der Waals surface area contributed by atoms with E-state index in [2.05, 4.69) is 16.4 Å². The van der Waals surface area contributed by atoms with Crippen molar-refractivity contribution in [3.63, 3.8) is 0 Å². The van der Waals surface area contributed by atoms with Gasteiger partial charge in [0.2, 0.25) is 5.91 Å².